The summed E-state index contributed by atoms with van der Waals surface area (Å²) in [7, 11) is 0. The molecule has 3 aromatic carbocycles. The van der Waals surface area contributed by atoms with Crippen molar-refractivity contribution in [3.05, 3.63) is 99.4 Å². The number of halogens is 2. The highest BCUT2D eigenvalue weighted by molar-refractivity contribution is 9.10. The van der Waals surface area contributed by atoms with Gasteiger partial charge in [-0.25, -0.2) is 9.18 Å². The molecule has 1 saturated heterocycles. The van der Waals surface area contributed by atoms with E-state index in [1.54, 1.807) is 24.3 Å². The highest BCUT2D eigenvalue weighted by atomic mass is 79.9. The normalized spacial score (nSPS) is 14.3. The molecule has 0 bridgehead atoms. The van der Waals surface area contributed by atoms with Crippen LogP contribution >= 0.6 is 15.9 Å². The summed E-state index contributed by atoms with van der Waals surface area (Å²) in [4.78, 5) is 38.1. The molecule has 7 nitrogen and oxygen atoms in total. The third-order valence-electron chi connectivity index (χ3n) is 5.21. The van der Waals surface area contributed by atoms with Crippen LogP contribution in [0.1, 0.15) is 16.7 Å². The standard InChI is InChI=1S/C26H21BrFN3O4/c1-16-6-9-19(10-7-16)29-24(32)15-35-23-11-8-17(12-20(23)27)13-22-25(33)31(26(34)30-22)14-18-4-2-3-5-21(18)28/h2-13H,14-15H2,1H3,(H,29,32)(H,30,34)/b22-13+. The van der Waals surface area contributed by atoms with Crippen molar-refractivity contribution in [1.82, 2.24) is 10.2 Å². The van der Waals surface area contributed by atoms with Gasteiger partial charge in [-0.3, -0.25) is 14.5 Å². The van der Waals surface area contributed by atoms with Crippen LogP contribution in [0, 0.1) is 12.7 Å². The number of hydrogen-bond acceptors (Lipinski definition) is 4. The van der Waals surface area contributed by atoms with Crippen LogP contribution in [0.5, 0.6) is 5.75 Å². The molecule has 0 aliphatic carbocycles. The van der Waals surface area contributed by atoms with Gasteiger partial charge in [-0.05, 0) is 64.8 Å². The Kier molecular flexibility index (Phi) is 7.26. The highest BCUT2D eigenvalue weighted by Gasteiger charge is 2.34. The zero-order valence-electron chi connectivity index (χ0n) is 18.7. The number of carbonyl (C=O) groups excluding carboxylic acids is 3. The van der Waals surface area contributed by atoms with Crippen LogP contribution in [-0.2, 0) is 16.1 Å². The Labute approximate surface area is 209 Å². The maximum absolute atomic E-state index is 13.9. The van der Waals surface area contributed by atoms with Gasteiger partial charge in [-0.1, -0.05) is 42.0 Å². The number of ether oxygens (including phenoxy) is 1. The monoisotopic (exact) mass is 537 g/mol. The molecule has 178 valence electrons. The van der Waals surface area contributed by atoms with E-state index < -0.39 is 17.8 Å². The lowest BCUT2D eigenvalue weighted by Crippen LogP contribution is -2.30. The smallest absolute Gasteiger partial charge is 0.329 e. The maximum Gasteiger partial charge on any atom is 0.329 e. The van der Waals surface area contributed by atoms with Gasteiger partial charge in [0.25, 0.3) is 11.8 Å². The number of urea groups is 1. The number of imide groups is 1. The molecule has 9 heteroatoms. The highest BCUT2D eigenvalue weighted by Crippen LogP contribution is 2.28. The first-order valence-corrected chi connectivity index (χ1v) is 11.5. The second-order valence-corrected chi connectivity index (χ2v) is 8.72. The summed E-state index contributed by atoms with van der Waals surface area (Å²) in [6, 6.07) is 17.8. The van der Waals surface area contributed by atoms with E-state index in [0.717, 1.165) is 10.5 Å². The van der Waals surface area contributed by atoms with Crippen molar-refractivity contribution in [1.29, 1.82) is 0 Å². The van der Waals surface area contributed by atoms with Gasteiger partial charge >= 0.3 is 6.03 Å². The molecule has 1 aliphatic heterocycles. The van der Waals surface area contributed by atoms with Gasteiger partial charge in [-0.15, -0.1) is 0 Å². The summed E-state index contributed by atoms with van der Waals surface area (Å²) >= 11 is 3.40. The fourth-order valence-electron chi connectivity index (χ4n) is 3.38. The number of nitrogens with zero attached hydrogens (tertiary/aromatic N) is 1. The lowest BCUT2D eigenvalue weighted by Gasteiger charge is -2.12. The molecule has 0 unspecified atom stereocenters. The number of rotatable bonds is 7. The molecular formula is C26H21BrFN3O4. The fourth-order valence-corrected chi connectivity index (χ4v) is 3.89. The average Bonchev–Trinajstić information content (AvgIpc) is 3.08. The summed E-state index contributed by atoms with van der Waals surface area (Å²) < 4.78 is 20.1. The SMILES string of the molecule is Cc1ccc(NC(=O)COc2ccc(/C=C3/NC(=O)N(Cc4ccccc4F)C3=O)cc2Br)cc1. The third kappa shape index (κ3) is 5.93. The number of nitrogens with one attached hydrogen (secondary N) is 2. The van der Waals surface area contributed by atoms with Crippen molar-refractivity contribution in [2.75, 3.05) is 11.9 Å². The van der Waals surface area contributed by atoms with Crippen LogP contribution in [0.15, 0.2) is 76.9 Å². The number of aryl methyl sites for hydroxylation is 1. The lowest BCUT2D eigenvalue weighted by molar-refractivity contribution is -0.123. The molecule has 1 aliphatic rings. The zero-order chi connectivity index (χ0) is 24.9. The first-order valence-electron chi connectivity index (χ1n) is 10.7. The van der Waals surface area contributed by atoms with Gasteiger partial charge < -0.3 is 15.4 Å². The number of carbonyl (C=O) groups is 3. The van der Waals surface area contributed by atoms with Crippen molar-refractivity contribution >= 4 is 45.5 Å². The van der Waals surface area contributed by atoms with Gasteiger partial charge in [0.2, 0.25) is 0 Å². The summed E-state index contributed by atoms with van der Waals surface area (Å²) in [6.07, 6.45) is 1.51. The van der Waals surface area contributed by atoms with E-state index in [9.17, 15) is 18.8 Å². The van der Waals surface area contributed by atoms with Crippen molar-refractivity contribution in [2.24, 2.45) is 0 Å². The molecule has 4 rings (SSSR count). The Bertz CT molecular complexity index is 1320. The van der Waals surface area contributed by atoms with E-state index >= 15 is 0 Å². The van der Waals surface area contributed by atoms with Crippen molar-refractivity contribution in [2.45, 2.75) is 13.5 Å². The van der Waals surface area contributed by atoms with E-state index in [4.69, 9.17) is 4.74 Å². The van der Waals surface area contributed by atoms with Crippen LogP contribution in [0.4, 0.5) is 14.9 Å². The Hall–Kier alpha value is -3.98. The number of amides is 4. The first kappa shape index (κ1) is 24.2. The van der Waals surface area contributed by atoms with E-state index in [0.29, 0.717) is 21.5 Å². The molecule has 3 aromatic rings. The van der Waals surface area contributed by atoms with E-state index in [2.05, 4.69) is 26.6 Å². The lowest BCUT2D eigenvalue weighted by atomic mass is 10.1. The molecule has 4 amide bonds. The van der Waals surface area contributed by atoms with Crippen molar-refractivity contribution in [3.8, 4) is 5.75 Å². The van der Waals surface area contributed by atoms with E-state index in [1.165, 1.54) is 24.3 Å². The minimum atomic E-state index is -0.622. The predicted octanol–water partition coefficient (Wildman–Crippen LogP) is 5.01. The second-order valence-electron chi connectivity index (χ2n) is 7.86. The molecule has 0 radical (unpaired) electrons. The average molecular weight is 538 g/mol. The Morgan fingerprint density at radius 3 is 2.57 bits per heavy atom. The molecule has 0 atom stereocenters. The molecule has 0 spiro atoms. The summed E-state index contributed by atoms with van der Waals surface area (Å²) in [5.41, 5.74) is 2.70. The molecule has 1 fully saturated rings. The number of benzene rings is 3. The summed E-state index contributed by atoms with van der Waals surface area (Å²) in [6.45, 7) is 1.60. The van der Waals surface area contributed by atoms with Crippen molar-refractivity contribution < 1.29 is 23.5 Å². The maximum atomic E-state index is 13.9. The Morgan fingerprint density at radius 1 is 1.11 bits per heavy atom. The van der Waals surface area contributed by atoms with E-state index in [-0.39, 0.29) is 30.3 Å². The number of hydrogen-bond donors (Lipinski definition) is 2. The summed E-state index contributed by atoms with van der Waals surface area (Å²) in [5.74, 6) is -0.907. The third-order valence-corrected chi connectivity index (χ3v) is 5.83. The van der Waals surface area contributed by atoms with Crippen molar-refractivity contribution in [3.63, 3.8) is 0 Å². The van der Waals surface area contributed by atoms with Gasteiger partial charge in [0.15, 0.2) is 6.61 Å². The molecule has 0 saturated carbocycles. The molecule has 0 aromatic heterocycles. The first-order chi connectivity index (χ1) is 16.8. The molecular weight excluding hydrogens is 517 g/mol. The number of anilines is 1. The summed E-state index contributed by atoms with van der Waals surface area (Å²) in [5, 5.41) is 5.28. The minimum absolute atomic E-state index is 0.0735. The second kappa shape index (κ2) is 10.5. The van der Waals surface area contributed by atoms with Gasteiger partial charge in [0.1, 0.15) is 17.3 Å². The topological polar surface area (TPSA) is 87.7 Å². The Balaban J connectivity index is 1.39. The van der Waals surface area contributed by atoms with Gasteiger partial charge in [0, 0.05) is 11.3 Å². The van der Waals surface area contributed by atoms with Crippen LogP contribution in [0.25, 0.3) is 6.08 Å². The molecule has 1 heterocycles. The Morgan fingerprint density at radius 2 is 1.86 bits per heavy atom. The van der Waals surface area contributed by atoms with Gasteiger partial charge in [-0.2, -0.15) is 0 Å². The van der Waals surface area contributed by atoms with E-state index in [1.807, 2.05) is 31.2 Å². The fraction of sp³-hybridized carbons (Fsp3) is 0.115. The molecule has 2 N–H and O–H groups in total. The van der Waals surface area contributed by atoms with Gasteiger partial charge in [0.05, 0.1) is 11.0 Å². The van der Waals surface area contributed by atoms with Crippen LogP contribution < -0.4 is 15.4 Å². The molecule has 35 heavy (non-hydrogen) atoms. The largest absolute Gasteiger partial charge is 0.483 e. The zero-order valence-corrected chi connectivity index (χ0v) is 20.3. The quantitative estimate of drug-likeness (QED) is 0.327. The van der Waals surface area contributed by atoms with Crippen LogP contribution in [-0.4, -0.2) is 29.4 Å². The van der Waals surface area contributed by atoms with Crippen LogP contribution in [0.2, 0.25) is 0 Å². The predicted molar refractivity (Wildman–Crippen MR) is 133 cm³/mol. The van der Waals surface area contributed by atoms with Crippen LogP contribution in [0.3, 0.4) is 0 Å². The minimum Gasteiger partial charge on any atom is -0.483 e.